The molecule has 5 heteroatoms. The minimum Gasteiger partial charge on any atom is -0.379 e. The summed E-state index contributed by atoms with van der Waals surface area (Å²) in [5.74, 6) is 0. The van der Waals surface area contributed by atoms with Gasteiger partial charge in [0.2, 0.25) is 0 Å². The van der Waals surface area contributed by atoms with Gasteiger partial charge in [-0.3, -0.25) is 0 Å². The largest absolute Gasteiger partial charge is 0.379 e. The topological polar surface area (TPSA) is 54.8 Å². The zero-order valence-electron chi connectivity index (χ0n) is 9.50. The van der Waals surface area contributed by atoms with Gasteiger partial charge < -0.3 is 10.6 Å². The van der Waals surface area contributed by atoms with Crippen LogP contribution in [0.2, 0.25) is 0 Å². The number of rotatable bonds is 3. The van der Waals surface area contributed by atoms with Crippen LogP contribution in [0.4, 0.5) is 5.69 Å². The van der Waals surface area contributed by atoms with Crippen molar-refractivity contribution in [2.45, 2.75) is 12.5 Å². The van der Waals surface area contributed by atoms with Crippen LogP contribution < -0.4 is 10.6 Å². The number of nitrogens with one attached hydrogen (secondary N) is 2. The maximum absolute atomic E-state index is 4.03. The van der Waals surface area contributed by atoms with Crippen LogP contribution in [0.3, 0.4) is 0 Å². The smallest absolute Gasteiger partial charge is 0.0894 e. The molecule has 2 heterocycles. The molecule has 88 valence electrons. The highest BCUT2D eigenvalue weighted by Crippen LogP contribution is 2.20. The van der Waals surface area contributed by atoms with Crippen molar-refractivity contribution in [1.82, 2.24) is 20.3 Å². The number of para-hydroxylation sites is 2. The van der Waals surface area contributed by atoms with Gasteiger partial charge in [-0.2, -0.15) is 0 Å². The number of hydrogen-bond acceptors (Lipinski definition) is 4. The molecule has 1 aliphatic rings. The Kier molecular flexibility index (Phi) is 2.75. The van der Waals surface area contributed by atoms with Crippen LogP contribution in [0.15, 0.2) is 36.7 Å². The minimum atomic E-state index is 0.500. The minimum absolute atomic E-state index is 0.500. The second-order valence-electron chi connectivity index (χ2n) is 4.20. The lowest BCUT2D eigenvalue weighted by molar-refractivity contribution is 0.777. The summed E-state index contributed by atoms with van der Waals surface area (Å²) in [5.41, 5.74) is 2.14. The predicted molar refractivity (Wildman–Crippen MR) is 66.3 cm³/mol. The van der Waals surface area contributed by atoms with Gasteiger partial charge in [0.25, 0.3) is 0 Å². The molecule has 0 aliphatic carbocycles. The van der Waals surface area contributed by atoms with Gasteiger partial charge in [0.15, 0.2) is 0 Å². The fourth-order valence-electron chi connectivity index (χ4n) is 2.13. The van der Waals surface area contributed by atoms with E-state index in [4.69, 9.17) is 0 Å². The average Bonchev–Trinajstić information content (AvgIpc) is 3.01. The Bertz CT molecular complexity index is 473. The third-order valence-corrected chi connectivity index (χ3v) is 2.99. The Hall–Kier alpha value is -1.88. The van der Waals surface area contributed by atoms with E-state index in [0.29, 0.717) is 6.04 Å². The summed E-state index contributed by atoms with van der Waals surface area (Å²) in [6, 6.07) is 8.66. The van der Waals surface area contributed by atoms with Crippen molar-refractivity contribution in [3.63, 3.8) is 0 Å². The molecular weight excluding hydrogens is 214 g/mol. The number of hydrogen-bond donors (Lipinski definition) is 2. The Morgan fingerprint density at radius 3 is 3.06 bits per heavy atom. The SMILES string of the molecule is c1ccc(-n2ccnn2)c(NC2CCNC2)c1. The van der Waals surface area contributed by atoms with E-state index in [1.54, 1.807) is 10.9 Å². The lowest BCUT2D eigenvalue weighted by Gasteiger charge is -2.16. The van der Waals surface area contributed by atoms with Gasteiger partial charge >= 0.3 is 0 Å². The van der Waals surface area contributed by atoms with Gasteiger partial charge in [-0.15, -0.1) is 5.10 Å². The molecule has 2 N–H and O–H groups in total. The van der Waals surface area contributed by atoms with Crippen molar-refractivity contribution in [2.24, 2.45) is 0 Å². The monoisotopic (exact) mass is 229 g/mol. The predicted octanol–water partition coefficient (Wildman–Crippen LogP) is 1.04. The average molecular weight is 229 g/mol. The van der Waals surface area contributed by atoms with Crippen molar-refractivity contribution >= 4 is 5.69 Å². The highest BCUT2D eigenvalue weighted by molar-refractivity contribution is 5.61. The second-order valence-corrected chi connectivity index (χ2v) is 4.20. The molecule has 2 aromatic rings. The van der Waals surface area contributed by atoms with Crippen molar-refractivity contribution < 1.29 is 0 Å². The zero-order chi connectivity index (χ0) is 11.5. The summed E-state index contributed by atoms with van der Waals surface area (Å²) >= 11 is 0. The summed E-state index contributed by atoms with van der Waals surface area (Å²) in [4.78, 5) is 0. The Balaban J connectivity index is 1.88. The van der Waals surface area contributed by atoms with Crippen LogP contribution in [0.1, 0.15) is 6.42 Å². The molecule has 1 aliphatic heterocycles. The van der Waals surface area contributed by atoms with E-state index in [1.165, 1.54) is 0 Å². The number of nitrogens with zero attached hydrogens (tertiary/aromatic N) is 3. The van der Waals surface area contributed by atoms with E-state index in [-0.39, 0.29) is 0 Å². The number of anilines is 1. The molecule has 1 unspecified atom stereocenters. The van der Waals surface area contributed by atoms with E-state index in [1.807, 2.05) is 24.4 Å². The van der Waals surface area contributed by atoms with E-state index < -0.39 is 0 Å². The third kappa shape index (κ3) is 2.14. The highest BCUT2D eigenvalue weighted by Gasteiger charge is 2.15. The van der Waals surface area contributed by atoms with E-state index in [9.17, 15) is 0 Å². The molecule has 1 atom stereocenters. The molecule has 0 amide bonds. The highest BCUT2D eigenvalue weighted by atomic mass is 15.4. The van der Waals surface area contributed by atoms with E-state index in [2.05, 4.69) is 27.0 Å². The summed E-state index contributed by atoms with van der Waals surface area (Å²) < 4.78 is 1.78. The Morgan fingerprint density at radius 2 is 2.29 bits per heavy atom. The first kappa shape index (κ1) is 10.3. The van der Waals surface area contributed by atoms with Gasteiger partial charge in [-0.05, 0) is 25.1 Å². The first-order valence-electron chi connectivity index (χ1n) is 5.86. The fraction of sp³-hybridized carbons (Fsp3) is 0.333. The third-order valence-electron chi connectivity index (χ3n) is 2.99. The van der Waals surface area contributed by atoms with Gasteiger partial charge in [-0.25, -0.2) is 4.68 Å². The second kappa shape index (κ2) is 4.55. The Labute approximate surface area is 99.8 Å². The maximum atomic E-state index is 4.03. The molecule has 0 bridgehead atoms. The van der Waals surface area contributed by atoms with Crippen molar-refractivity contribution in [3.05, 3.63) is 36.7 Å². The van der Waals surface area contributed by atoms with Crippen LogP contribution in [-0.4, -0.2) is 34.1 Å². The van der Waals surface area contributed by atoms with Crippen molar-refractivity contribution in [1.29, 1.82) is 0 Å². The summed E-state index contributed by atoms with van der Waals surface area (Å²) in [5, 5.41) is 14.8. The first-order valence-corrected chi connectivity index (χ1v) is 5.86. The van der Waals surface area contributed by atoms with Crippen LogP contribution in [0, 0.1) is 0 Å². The molecule has 1 fully saturated rings. The van der Waals surface area contributed by atoms with Crippen LogP contribution in [0.5, 0.6) is 0 Å². The van der Waals surface area contributed by atoms with E-state index >= 15 is 0 Å². The molecule has 1 aromatic heterocycles. The summed E-state index contributed by atoms with van der Waals surface area (Å²) in [6.45, 7) is 2.11. The lowest BCUT2D eigenvalue weighted by atomic mass is 10.2. The molecule has 1 aromatic carbocycles. The molecule has 17 heavy (non-hydrogen) atoms. The quantitative estimate of drug-likeness (QED) is 0.825. The molecule has 3 rings (SSSR count). The van der Waals surface area contributed by atoms with Gasteiger partial charge in [0, 0.05) is 12.6 Å². The first-order chi connectivity index (χ1) is 8.43. The standard InChI is InChI=1S/C12H15N5/c1-2-4-12(17-8-7-14-16-17)11(3-1)15-10-5-6-13-9-10/h1-4,7-8,10,13,15H,5-6,9H2. The van der Waals surface area contributed by atoms with Gasteiger partial charge in [0.1, 0.15) is 0 Å². The molecular formula is C12H15N5. The Morgan fingerprint density at radius 1 is 1.35 bits per heavy atom. The normalized spacial score (nSPS) is 19.4. The summed E-state index contributed by atoms with van der Waals surface area (Å²) in [7, 11) is 0. The zero-order valence-corrected chi connectivity index (χ0v) is 9.50. The van der Waals surface area contributed by atoms with Gasteiger partial charge in [0.05, 0.1) is 23.8 Å². The lowest BCUT2D eigenvalue weighted by Crippen LogP contribution is -2.22. The number of benzene rings is 1. The molecule has 5 nitrogen and oxygen atoms in total. The van der Waals surface area contributed by atoms with Gasteiger partial charge in [-0.1, -0.05) is 17.3 Å². The van der Waals surface area contributed by atoms with Crippen molar-refractivity contribution in [2.75, 3.05) is 18.4 Å². The fourth-order valence-corrected chi connectivity index (χ4v) is 2.13. The van der Waals surface area contributed by atoms with E-state index in [0.717, 1.165) is 30.9 Å². The van der Waals surface area contributed by atoms with Crippen LogP contribution in [-0.2, 0) is 0 Å². The van der Waals surface area contributed by atoms with Crippen molar-refractivity contribution in [3.8, 4) is 5.69 Å². The number of aromatic nitrogens is 3. The molecule has 0 saturated carbocycles. The van der Waals surface area contributed by atoms with Crippen LogP contribution in [0.25, 0.3) is 5.69 Å². The molecule has 1 saturated heterocycles. The summed E-state index contributed by atoms with van der Waals surface area (Å²) in [6.07, 6.45) is 4.70. The molecule has 0 spiro atoms. The maximum Gasteiger partial charge on any atom is 0.0894 e. The molecule has 0 radical (unpaired) electrons. The van der Waals surface area contributed by atoms with Crippen LogP contribution >= 0.6 is 0 Å².